The molecule has 2 atom stereocenters. The first kappa shape index (κ1) is 41.3. The van der Waals surface area contributed by atoms with Gasteiger partial charge in [-0.25, -0.2) is 0 Å². The molecule has 5 aliphatic rings. The zero-order valence-electron chi connectivity index (χ0n) is 39.7. The van der Waals surface area contributed by atoms with Gasteiger partial charge in [-0.2, -0.15) is 0 Å². The Balaban J connectivity index is 0.930. The van der Waals surface area contributed by atoms with Gasteiger partial charge in [0, 0.05) is 56.1 Å². The van der Waals surface area contributed by atoms with E-state index in [0.29, 0.717) is 0 Å². The number of anilines is 10. The molecule has 10 aromatic rings. The molecule has 0 spiro atoms. The van der Waals surface area contributed by atoms with Gasteiger partial charge in [0.2, 0.25) is 0 Å². The molecule has 0 radical (unpaired) electrons. The number of benzene rings is 10. The molecule has 3 heterocycles. The fourth-order valence-electron chi connectivity index (χ4n) is 11.7. The van der Waals surface area contributed by atoms with E-state index in [-0.39, 0.29) is 12.1 Å². The number of fused-ring (bicyclic) bond motifs is 6. The van der Waals surface area contributed by atoms with E-state index in [0.717, 1.165) is 137 Å². The normalized spacial score (nSPS) is 16.0. The van der Waals surface area contributed by atoms with Crippen LogP contribution in [0.3, 0.4) is 0 Å². The fraction of sp³-hybridized carbons (Fsp3) is 0.0606. The average molecular weight is 943 g/mol. The quantitative estimate of drug-likeness (QED) is 0.143. The molecule has 7 nitrogen and oxygen atoms in total. The third-order valence-electron chi connectivity index (χ3n) is 14.9. The van der Waals surface area contributed by atoms with Gasteiger partial charge in [-0.1, -0.05) is 127 Å². The first-order valence-electron chi connectivity index (χ1n) is 25.1. The standard InChI is InChI=1S/C66H46N4O3/c1-7-19-46(20-8-1)67(47-21-9-2-10-22-47)52-31-34-55-43(37-52)40-58-61-64(55)72-59-41-44-38-54(69(50-27-15-5-16-28-50)51-29-17-6-18-30-51)33-36-57(44)66-62(59)70(61)63-60(73-66)42-45-39-53(32-35-56(45)65(63)71-58)68(48-23-11-3-12-24-48)49-25-13-4-14-26-49/h1-29,31-36,38-42,51-52H,30,37H2. The summed E-state index contributed by atoms with van der Waals surface area (Å²) in [6, 6.07) is 73.3. The molecule has 0 saturated carbocycles. The van der Waals surface area contributed by atoms with Crippen molar-refractivity contribution in [3.63, 3.8) is 0 Å². The van der Waals surface area contributed by atoms with Crippen molar-refractivity contribution in [3.05, 3.63) is 248 Å². The summed E-state index contributed by atoms with van der Waals surface area (Å²) in [5.74, 6) is 4.49. The van der Waals surface area contributed by atoms with Gasteiger partial charge < -0.3 is 28.9 Å². The molecule has 0 N–H and O–H groups in total. The van der Waals surface area contributed by atoms with E-state index >= 15 is 0 Å². The highest BCUT2D eigenvalue weighted by Crippen LogP contribution is 2.70. The van der Waals surface area contributed by atoms with E-state index in [1.165, 1.54) is 0 Å². The van der Waals surface area contributed by atoms with Crippen LogP contribution in [0.2, 0.25) is 0 Å². The molecule has 0 fully saturated rings. The first-order valence-corrected chi connectivity index (χ1v) is 25.1. The summed E-state index contributed by atoms with van der Waals surface area (Å²) >= 11 is 0. The number of ether oxygens (including phenoxy) is 3. The van der Waals surface area contributed by atoms with E-state index in [1.54, 1.807) is 0 Å². The molecular formula is C66H46N4O3. The van der Waals surface area contributed by atoms with Gasteiger partial charge >= 0.3 is 0 Å². The fourth-order valence-corrected chi connectivity index (χ4v) is 11.7. The van der Waals surface area contributed by atoms with Crippen LogP contribution in [0.15, 0.2) is 237 Å². The molecule has 2 unspecified atom stereocenters. The molecule has 10 aromatic carbocycles. The van der Waals surface area contributed by atoms with Crippen molar-refractivity contribution in [2.75, 3.05) is 19.6 Å². The molecule has 15 rings (SSSR count). The van der Waals surface area contributed by atoms with Crippen LogP contribution in [0.5, 0.6) is 34.5 Å². The van der Waals surface area contributed by atoms with Gasteiger partial charge in [0.1, 0.15) is 17.1 Å². The van der Waals surface area contributed by atoms with Crippen molar-refractivity contribution in [1.82, 2.24) is 0 Å². The SMILES string of the molecule is C1=CCC(N(c2ccccc2)c2ccc3c4c5c(cc3c2)Oc2c3c(cc6c2N5c2c(cc5cc(N(c7ccccc7)c7ccccc7)ccc5c2O6)O4)CC(N(c2ccccc2)c2ccccc2)C=C3)C=C1. The minimum Gasteiger partial charge on any atom is -0.452 e. The second-order valence-corrected chi connectivity index (χ2v) is 19.2. The Morgan fingerprint density at radius 3 is 1.40 bits per heavy atom. The Morgan fingerprint density at radius 2 is 0.863 bits per heavy atom. The topological polar surface area (TPSA) is 40.7 Å². The average Bonchev–Trinajstić information content (AvgIpc) is 3.45. The maximum Gasteiger partial charge on any atom is 0.163 e. The van der Waals surface area contributed by atoms with Crippen LogP contribution in [-0.4, -0.2) is 12.1 Å². The lowest BCUT2D eigenvalue weighted by molar-refractivity contribution is 0.421. The molecule has 0 aromatic heterocycles. The summed E-state index contributed by atoms with van der Waals surface area (Å²) in [4.78, 5) is 9.53. The van der Waals surface area contributed by atoms with Crippen LogP contribution in [0.25, 0.3) is 27.6 Å². The highest BCUT2D eigenvalue weighted by molar-refractivity contribution is 6.12. The van der Waals surface area contributed by atoms with Gasteiger partial charge in [-0.3, -0.25) is 4.90 Å². The molecule has 3 aliphatic heterocycles. The molecule has 0 saturated heterocycles. The van der Waals surface area contributed by atoms with Crippen molar-refractivity contribution in [2.45, 2.75) is 24.9 Å². The van der Waals surface area contributed by atoms with Crippen LogP contribution < -0.4 is 33.8 Å². The minimum atomic E-state index is 0.0248. The van der Waals surface area contributed by atoms with E-state index in [2.05, 4.69) is 262 Å². The van der Waals surface area contributed by atoms with Crippen molar-refractivity contribution in [3.8, 4) is 34.5 Å². The Hall–Kier alpha value is -9.46. The number of hydrogen-bond acceptors (Lipinski definition) is 7. The lowest BCUT2D eigenvalue weighted by Gasteiger charge is -2.44. The van der Waals surface area contributed by atoms with Gasteiger partial charge in [-0.05, 0) is 144 Å². The maximum atomic E-state index is 7.33. The van der Waals surface area contributed by atoms with Gasteiger partial charge in [0.05, 0.1) is 12.1 Å². The summed E-state index contributed by atoms with van der Waals surface area (Å²) in [7, 11) is 0. The summed E-state index contributed by atoms with van der Waals surface area (Å²) in [5.41, 5.74) is 12.5. The number of nitrogens with zero attached hydrogens (tertiary/aromatic N) is 4. The van der Waals surface area contributed by atoms with Crippen molar-refractivity contribution < 1.29 is 14.2 Å². The first-order chi connectivity index (χ1) is 36.2. The summed E-state index contributed by atoms with van der Waals surface area (Å²) in [5, 5.41) is 4.01. The Bertz CT molecular complexity index is 3840. The third-order valence-corrected chi connectivity index (χ3v) is 14.9. The monoisotopic (exact) mass is 942 g/mol. The van der Waals surface area contributed by atoms with Crippen molar-refractivity contribution in [2.24, 2.45) is 0 Å². The van der Waals surface area contributed by atoms with Crippen LogP contribution >= 0.6 is 0 Å². The highest BCUT2D eigenvalue weighted by Gasteiger charge is 2.45. The number of para-hydroxylation sites is 5. The third kappa shape index (κ3) is 6.66. The summed E-state index contributed by atoms with van der Waals surface area (Å²) < 4.78 is 22.0. The summed E-state index contributed by atoms with van der Waals surface area (Å²) in [6.45, 7) is 0. The molecule has 0 amide bonds. The van der Waals surface area contributed by atoms with Crippen LogP contribution in [0, 0.1) is 0 Å². The number of rotatable bonds is 9. The lowest BCUT2D eigenvalue weighted by atomic mass is 9.89. The van der Waals surface area contributed by atoms with Gasteiger partial charge in [-0.15, -0.1) is 0 Å². The second-order valence-electron chi connectivity index (χ2n) is 19.2. The highest BCUT2D eigenvalue weighted by atomic mass is 16.5. The van der Waals surface area contributed by atoms with Gasteiger partial charge in [0.15, 0.2) is 34.5 Å². The molecule has 348 valence electrons. The largest absolute Gasteiger partial charge is 0.452 e. The molecule has 7 heteroatoms. The van der Waals surface area contributed by atoms with Crippen molar-refractivity contribution >= 4 is 84.5 Å². The van der Waals surface area contributed by atoms with Gasteiger partial charge in [0.25, 0.3) is 0 Å². The molecule has 0 bridgehead atoms. The molecular weight excluding hydrogens is 897 g/mol. The predicted molar refractivity (Wildman–Crippen MR) is 298 cm³/mol. The maximum absolute atomic E-state index is 7.33. The number of allylic oxidation sites excluding steroid dienone is 2. The van der Waals surface area contributed by atoms with E-state index in [9.17, 15) is 0 Å². The zero-order chi connectivity index (χ0) is 48.0. The van der Waals surface area contributed by atoms with Crippen molar-refractivity contribution in [1.29, 1.82) is 0 Å². The minimum absolute atomic E-state index is 0.0248. The Kier molecular flexibility index (Phi) is 9.39. The zero-order valence-corrected chi connectivity index (χ0v) is 39.7. The Morgan fingerprint density at radius 1 is 0.397 bits per heavy atom. The smallest absolute Gasteiger partial charge is 0.163 e. The number of hydrogen-bond donors (Lipinski definition) is 0. The molecule has 73 heavy (non-hydrogen) atoms. The van der Waals surface area contributed by atoms with Crippen LogP contribution in [0.4, 0.5) is 56.9 Å². The van der Waals surface area contributed by atoms with E-state index < -0.39 is 0 Å². The van der Waals surface area contributed by atoms with Crippen LogP contribution in [-0.2, 0) is 6.42 Å². The van der Waals surface area contributed by atoms with E-state index in [4.69, 9.17) is 14.2 Å². The second kappa shape index (κ2) is 16.6. The predicted octanol–water partition coefficient (Wildman–Crippen LogP) is 18.0. The lowest BCUT2D eigenvalue weighted by Crippen LogP contribution is -2.33. The Labute approximate surface area is 423 Å². The molecule has 2 aliphatic carbocycles. The van der Waals surface area contributed by atoms with E-state index in [1.807, 2.05) is 0 Å². The summed E-state index contributed by atoms with van der Waals surface area (Å²) in [6.07, 6.45) is 15.0. The van der Waals surface area contributed by atoms with Crippen LogP contribution in [0.1, 0.15) is 17.5 Å².